The minimum Gasteiger partial charge on any atom is -0.458 e. The van der Waals surface area contributed by atoms with E-state index in [4.69, 9.17) is 15.2 Å². The number of nitrogens with zero attached hydrogens (tertiary/aromatic N) is 2. The Hall–Kier alpha value is -2.64. The molecular weight excluding hydrogens is 372 g/mol. The molecule has 8 nitrogen and oxygen atoms in total. The number of rotatable bonds is 3. The van der Waals surface area contributed by atoms with E-state index >= 15 is 0 Å². The van der Waals surface area contributed by atoms with Crippen molar-refractivity contribution in [3.05, 3.63) is 18.2 Å². The van der Waals surface area contributed by atoms with Crippen LogP contribution in [0.2, 0.25) is 0 Å². The van der Waals surface area contributed by atoms with Gasteiger partial charge in [0.15, 0.2) is 6.04 Å². The van der Waals surface area contributed by atoms with Gasteiger partial charge in [-0.1, -0.05) is 0 Å². The molecule has 1 aliphatic rings. The first-order valence-corrected chi connectivity index (χ1v) is 9.85. The zero-order valence-corrected chi connectivity index (χ0v) is 18.5. The molecule has 1 amide bonds. The fraction of sp³-hybridized carbons (Fsp3) is 0.619. The standard InChI is InChI=1S/C21H34N4O4/c1-20(2,3)28-18(26)17-13-24(14-8-9-15(22)16(12-14)23-7)10-11-25(17)19(27)29-21(4,5)6/h8-9,12,17,23H,10-11,13,22H2,1-7H3. The molecule has 29 heavy (non-hydrogen) atoms. The number of ether oxygens (including phenoxy) is 2. The van der Waals surface area contributed by atoms with Crippen LogP contribution in [0.4, 0.5) is 21.9 Å². The average Bonchev–Trinajstić information content (AvgIpc) is 2.58. The van der Waals surface area contributed by atoms with Gasteiger partial charge < -0.3 is 25.4 Å². The number of esters is 1. The molecule has 8 heteroatoms. The Morgan fingerprint density at radius 3 is 2.24 bits per heavy atom. The number of hydrogen-bond donors (Lipinski definition) is 2. The van der Waals surface area contributed by atoms with Crippen molar-refractivity contribution in [1.82, 2.24) is 4.90 Å². The second-order valence-electron chi connectivity index (χ2n) is 9.19. The lowest BCUT2D eigenvalue weighted by Crippen LogP contribution is -2.60. The predicted molar refractivity (Wildman–Crippen MR) is 115 cm³/mol. The highest BCUT2D eigenvalue weighted by Gasteiger charge is 2.40. The maximum atomic E-state index is 12.9. The van der Waals surface area contributed by atoms with E-state index in [-0.39, 0.29) is 0 Å². The summed E-state index contributed by atoms with van der Waals surface area (Å²) in [5, 5.41) is 3.06. The largest absolute Gasteiger partial charge is 0.458 e. The first-order chi connectivity index (χ1) is 13.3. The van der Waals surface area contributed by atoms with Crippen molar-refractivity contribution in [3.8, 4) is 0 Å². The van der Waals surface area contributed by atoms with Gasteiger partial charge in [0.2, 0.25) is 0 Å². The number of carbonyl (C=O) groups is 2. The third kappa shape index (κ3) is 6.17. The van der Waals surface area contributed by atoms with Gasteiger partial charge in [-0.3, -0.25) is 4.90 Å². The van der Waals surface area contributed by atoms with Crippen LogP contribution in [0, 0.1) is 0 Å². The van der Waals surface area contributed by atoms with Crippen molar-refractivity contribution >= 4 is 29.1 Å². The third-order valence-corrected chi connectivity index (χ3v) is 4.36. The van der Waals surface area contributed by atoms with E-state index in [0.717, 1.165) is 11.4 Å². The van der Waals surface area contributed by atoms with Crippen LogP contribution in [0.5, 0.6) is 0 Å². The summed E-state index contributed by atoms with van der Waals surface area (Å²) in [7, 11) is 1.80. The van der Waals surface area contributed by atoms with E-state index < -0.39 is 29.3 Å². The van der Waals surface area contributed by atoms with Crippen LogP contribution in [-0.2, 0) is 14.3 Å². The van der Waals surface area contributed by atoms with Crippen molar-refractivity contribution < 1.29 is 19.1 Å². The number of hydrogen-bond acceptors (Lipinski definition) is 7. The highest BCUT2D eigenvalue weighted by atomic mass is 16.6. The van der Waals surface area contributed by atoms with E-state index in [1.54, 1.807) is 27.8 Å². The van der Waals surface area contributed by atoms with Gasteiger partial charge in [-0.2, -0.15) is 0 Å². The monoisotopic (exact) mass is 406 g/mol. The fourth-order valence-corrected chi connectivity index (χ4v) is 3.09. The Balaban J connectivity index is 2.28. The normalized spacial score (nSPS) is 17.7. The molecule has 1 aromatic rings. The molecule has 0 radical (unpaired) electrons. The topological polar surface area (TPSA) is 97.1 Å². The van der Waals surface area contributed by atoms with Crippen LogP contribution in [0.15, 0.2) is 18.2 Å². The first-order valence-electron chi connectivity index (χ1n) is 9.85. The number of nitrogen functional groups attached to an aromatic ring is 1. The summed E-state index contributed by atoms with van der Waals surface area (Å²) in [5.41, 5.74) is 7.04. The molecular formula is C21H34N4O4. The lowest BCUT2D eigenvalue weighted by Gasteiger charge is -2.42. The average molecular weight is 407 g/mol. The molecule has 0 aromatic heterocycles. The van der Waals surface area contributed by atoms with Crippen LogP contribution in [0.25, 0.3) is 0 Å². The summed E-state index contributed by atoms with van der Waals surface area (Å²) in [4.78, 5) is 29.2. The molecule has 1 unspecified atom stereocenters. The van der Waals surface area contributed by atoms with Crippen LogP contribution in [0.1, 0.15) is 41.5 Å². The zero-order chi connectivity index (χ0) is 22.0. The highest BCUT2D eigenvalue weighted by Crippen LogP contribution is 2.28. The van der Waals surface area contributed by atoms with Gasteiger partial charge in [-0.05, 0) is 59.7 Å². The van der Waals surface area contributed by atoms with Crippen molar-refractivity contribution in [2.75, 3.05) is 42.6 Å². The molecule has 162 valence electrons. The van der Waals surface area contributed by atoms with E-state index in [1.807, 2.05) is 39.0 Å². The lowest BCUT2D eigenvalue weighted by atomic mass is 10.1. The maximum absolute atomic E-state index is 12.9. The summed E-state index contributed by atoms with van der Waals surface area (Å²) in [6.07, 6.45) is -0.513. The molecule has 0 saturated carbocycles. The zero-order valence-electron chi connectivity index (χ0n) is 18.5. The molecule has 3 N–H and O–H groups in total. The minimum absolute atomic E-state index is 0.307. The second kappa shape index (κ2) is 8.39. The summed E-state index contributed by atoms with van der Waals surface area (Å²) < 4.78 is 11.1. The Labute approximate surface area is 173 Å². The lowest BCUT2D eigenvalue weighted by molar-refractivity contribution is -0.161. The number of nitrogens with one attached hydrogen (secondary N) is 1. The van der Waals surface area contributed by atoms with Crippen molar-refractivity contribution in [2.24, 2.45) is 0 Å². The van der Waals surface area contributed by atoms with E-state index in [1.165, 1.54) is 4.90 Å². The molecule has 1 heterocycles. The maximum Gasteiger partial charge on any atom is 0.411 e. The first kappa shape index (κ1) is 22.6. The van der Waals surface area contributed by atoms with Crippen LogP contribution in [-0.4, -0.2) is 60.9 Å². The Morgan fingerprint density at radius 2 is 1.69 bits per heavy atom. The van der Waals surface area contributed by atoms with Gasteiger partial charge in [-0.15, -0.1) is 0 Å². The smallest absolute Gasteiger partial charge is 0.411 e. The van der Waals surface area contributed by atoms with Crippen LogP contribution >= 0.6 is 0 Å². The highest BCUT2D eigenvalue weighted by molar-refractivity contribution is 5.83. The van der Waals surface area contributed by atoms with Gasteiger partial charge in [0.05, 0.1) is 11.4 Å². The van der Waals surface area contributed by atoms with Gasteiger partial charge >= 0.3 is 12.1 Å². The van der Waals surface area contributed by atoms with E-state index in [2.05, 4.69) is 10.2 Å². The molecule has 0 bridgehead atoms. The minimum atomic E-state index is -0.770. The molecule has 1 saturated heterocycles. The van der Waals surface area contributed by atoms with Crippen molar-refractivity contribution in [3.63, 3.8) is 0 Å². The Bertz CT molecular complexity index is 752. The van der Waals surface area contributed by atoms with E-state index in [9.17, 15) is 9.59 Å². The van der Waals surface area contributed by atoms with Crippen LogP contribution < -0.4 is 16.0 Å². The number of benzene rings is 1. The third-order valence-electron chi connectivity index (χ3n) is 4.36. The van der Waals surface area contributed by atoms with Gasteiger partial charge in [0, 0.05) is 32.4 Å². The Kier molecular flexibility index (Phi) is 6.55. The Morgan fingerprint density at radius 1 is 1.07 bits per heavy atom. The molecule has 0 spiro atoms. The molecule has 1 atom stereocenters. The second-order valence-corrected chi connectivity index (χ2v) is 9.19. The van der Waals surface area contributed by atoms with Crippen molar-refractivity contribution in [2.45, 2.75) is 58.8 Å². The van der Waals surface area contributed by atoms with Gasteiger partial charge in [-0.25, -0.2) is 9.59 Å². The molecule has 1 aromatic carbocycles. The summed E-state index contributed by atoms with van der Waals surface area (Å²) >= 11 is 0. The fourth-order valence-electron chi connectivity index (χ4n) is 3.09. The molecule has 1 fully saturated rings. The molecule has 1 aliphatic heterocycles. The predicted octanol–water partition coefficient (Wildman–Crippen LogP) is 3.08. The van der Waals surface area contributed by atoms with Gasteiger partial charge in [0.1, 0.15) is 11.2 Å². The number of anilines is 3. The van der Waals surface area contributed by atoms with Crippen LogP contribution in [0.3, 0.4) is 0 Å². The van der Waals surface area contributed by atoms with Gasteiger partial charge in [0.25, 0.3) is 0 Å². The number of nitrogens with two attached hydrogens (primary N) is 1. The van der Waals surface area contributed by atoms with Crippen molar-refractivity contribution in [1.29, 1.82) is 0 Å². The SMILES string of the molecule is CNc1cc(N2CCN(C(=O)OC(C)(C)C)C(C(=O)OC(C)(C)C)C2)ccc1N. The number of piperazine rings is 1. The molecule has 0 aliphatic carbocycles. The summed E-state index contributed by atoms with van der Waals surface area (Å²) in [6.45, 7) is 12.0. The summed E-state index contributed by atoms with van der Waals surface area (Å²) in [5.74, 6) is -0.447. The number of carbonyl (C=O) groups excluding carboxylic acids is 2. The summed E-state index contributed by atoms with van der Waals surface area (Å²) in [6, 6.07) is 4.90. The van der Waals surface area contributed by atoms with E-state index in [0.29, 0.717) is 25.3 Å². The molecule has 2 rings (SSSR count). The number of amides is 1. The quantitative estimate of drug-likeness (QED) is 0.588.